The van der Waals surface area contributed by atoms with Gasteiger partial charge in [-0.05, 0) is 19.8 Å². The van der Waals surface area contributed by atoms with Crippen LogP contribution < -0.4 is 5.32 Å². The van der Waals surface area contributed by atoms with Crippen LogP contribution in [0.4, 0.5) is 5.13 Å². The largest absolute Gasteiger partial charge is 0.309 e. The van der Waals surface area contributed by atoms with Gasteiger partial charge in [-0.3, -0.25) is 4.79 Å². The van der Waals surface area contributed by atoms with Gasteiger partial charge in [0.25, 0.3) is 0 Å². The highest BCUT2D eigenvalue weighted by Gasteiger charge is 2.30. The van der Waals surface area contributed by atoms with E-state index in [1.165, 1.54) is 35.9 Å². The summed E-state index contributed by atoms with van der Waals surface area (Å²) in [5.41, 5.74) is 1.91. The molecule has 1 aliphatic rings. The van der Waals surface area contributed by atoms with Crippen molar-refractivity contribution in [3.8, 4) is 11.3 Å². The molecule has 1 aliphatic carbocycles. The molecule has 0 saturated heterocycles. The van der Waals surface area contributed by atoms with Crippen LogP contribution in [-0.2, 0) is 11.8 Å². The van der Waals surface area contributed by atoms with E-state index in [9.17, 15) is 4.79 Å². The summed E-state index contributed by atoms with van der Waals surface area (Å²) in [5, 5.41) is 14.5. The molecule has 0 spiro atoms. The number of carbonyl (C=O) groups is 1. The molecule has 1 atom stereocenters. The fraction of sp³-hybridized carbons (Fsp3) is 0.333. The van der Waals surface area contributed by atoms with Crippen LogP contribution in [0.2, 0.25) is 0 Å². The van der Waals surface area contributed by atoms with Crippen molar-refractivity contribution < 1.29 is 4.79 Å². The van der Waals surface area contributed by atoms with Gasteiger partial charge in [-0.15, -0.1) is 21.5 Å². The number of thiazole rings is 1. The lowest BCUT2D eigenvalue weighted by Gasteiger charge is -2.10. The van der Waals surface area contributed by atoms with E-state index in [0.717, 1.165) is 22.2 Å². The first-order chi connectivity index (χ1) is 12.6. The maximum Gasteiger partial charge on any atom is 0.239 e. The Bertz CT molecular complexity index is 917. The van der Waals surface area contributed by atoms with Gasteiger partial charge in [-0.2, -0.15) is 0 Å². The van der Waals surface area contributed by atoms with Crippen LogP contribution in [0.25, 0.3) is 11.3 Å². The molecule has 1 saturated carbocycles. The van der Waals surface area contributed by atoms with Crippen LogP contribution in [0.3, 0.4) is 0 Å². The van der Waals surface area contributed by atoms with Gasteiger partial charge < -0.3 is 9.88 Å². The molecule has 3 aromatic rings. The number of carbonyl (C=O) groups excluding carboxylic acids is 1. The van der Waals surface area contributed by atoms with Crippen LogP contribution in [0.15, 0.2) is 40.9 Å². The molecule has 1 amide bonds. The predicted octanol–water partition coefficient (Wildman–Crippen LogP) is 3.94. The summed E-state index contributed by atoms with van der Waals surface area (Å²) >= 11 is 2.85. The number of anilines is 1. The number of nitrogens with one attached hydrogen (secondary N) is 1. The Morgan fingerprint density at radius 1 is 1.31 bits per heavy atom. The molecule has 2 aromatic heterocycles. The third-order valence-electron chi connectivity index (χ3n) is 4.27. The zero-order chi connectivity index (χ0) is 18.1. The summed E-state index contributed by atoms with van der Waals surface area (Å²) in [6.45, 7) is 1.87. The van der Waals surface area contributed by atoms with Gasteiger partial charge in [0.2, 0.25) is 5.91 Å². The van der Waals surface area contributed by atoms with Gasteiger partial charge in [-0.1, -0.05) is 42.1 Å². The van der Waals surface area contributed by atoms with E-state index in [1.54, 1.807) is 0 Å². The molecule has 0 bridgehead atoms. The SMILES string of the molecule is C[C@H](Sc1nnc(C2CC2)n1C)C(=O)Nc1nc(-c2ccccc2)cs1. The summed E-state index contributed by atoms with van der Waals surface area (Å²) in [4.78, 5) is 17.0. The van der Waals surface area contributed by atoms with E-state index >= 15 is 0 Å². The second-order valence-corrected chi connectivity index (χ2v) is 8.49. The smallest absolute Gasteiger partial charge is 0.239 e. The Morgan fingerprint density at radius 3 is 2.81 bits per heavy atom. The lowest BCUT2D eigenvalue weighted by Crippen LogP contribution is -2.22. The molecule has 134 valence electrons. The lowest BCUT2D eigenvalue weighted by atomic mass is 10.2. The Kier molecular flexibility index (Phi) is 4.78. The van der Waals surface area contributed by atoms with Crippen molar-refractivity contribution in [2.45, 2.75) is 36.1 Å². The highest BCUT2D eigenvalue weighted by Crippen LogP contribution is 2.39. The second kappa shape index (κ2) is 7.20. The number of aromatic nitrogens is 4. The summed E-state index contributed by atoms with van der Waals surface area (Å²) in [5.74, 6) is 1.48. The standard InChI is InChI=1S/C18H19N5OS2/c1-11(26-18-22-21-15(23(18)2)13-8-9-13)16(24)20-17-19-14(10-25-17)12-6-4-3-5-7-12/h3-7,10-11,13H,8-9H2,1-2H3,(H,19,20,24)/t11-/m0/s1. The summed E-state index contributed by atoms with van der Waals surface area (Å²) in [6.07, 6.45) is 2.36. The lowest BCUT2D eigenvalue weighted by molar-refractivity contribution is -0.115. The number of hydrogen-bond acceptors (Lipinski definition) is 6. The first-order valence-electron chi connectivity index (χ1n) is 8.49. The quantitative estimate of drug-likeness (QED) is 0.651. The van der Waals surface area contributed by atoms with Crippen LogP contribution in [0, 0.1) is 0 Å². The highest BCUT2D eigenvalue weighted by molar-refractivity contribution is 8.00. The number of thioether (sulfide) groups is 1. The van der Waals surface area contributed by atoms with Gasteiger partial charge in [0.1, 0.15) is 5.82 Å². The number of benzene rings is 1. The first kappa shape index (κ1) is 17.2. The highest BCUT2D eigenvalue weighted by atomic mass is 32.2. The number of nitrogens with zero attached hydrogens (tertiary/aromatic N) is 4. The molecule has 0 radical (unpaired) electrons. The minimum Gasteiger partial charge on any atom is -0.309 e. The maximum absolute atomic E-state index is 12.5. The predicted molar refractivity (Wildman–Crippen MR) is 104 cm³/mol. The summed E-state index contributed by atoms with van der Waals surface area (Å²) in [6, 6.07) is 9.93. The van der Waals surface area contributed by atoms with Crippen LogP contribution in [0.5, 0.6) is 0 Å². The average Bonchev–Trinajstić information content (AvgIpc) is 3.28. The van der Waals surface area contributed by atoms with Gasteiger partial charge in [-0.25, -0.2) is 4.98 Å². The Balaban J connectivity index is 1.39. The molecule has 1 aromatic carbocycles. The molecule has 8 heteroatoms. The molecule has 2 heterocycles. The fourth-order valence-corrected chi connectivity index (χ4v) is 4.16. The van der Waals surface area contributed by atoms with Crippen molar-refractivity contribution in [2.75, 3.05) is 5.32 Å². The molecule has 1 N–H and O–H groups in total. The van der Waals surface area contributed by atoms with E-state index in [-0.39, 0.29) is 11.2 Å². The van der Waals surface area contributed by atoms with Crippen molar-refractivity contribution in [2.24, 2.45) is 7.05 Å². The molecule has 6 nitrogen and oxygen atoms in total. The molecule has 0 unspecified atom stereocenters. The van der Waals surface area contributed by atoms with E-state index < -0.39 is 0 Å². The van der Waals surface area contributed by atoms with Crippen LogP contribution in [-0.4, -0.2) is 30.9 Å². The van der Waals surface area contributed by atoms with E-state index in [0.29, 0.717) is 11.0 Å². The van der Waals surface area contributed by atoms with E-state index in [4.69, 9.17) is 0 Å². The maximum atomic E-state index is 12.5. The van der Waals surface area contributed by atoms with Gasteiger partial charge >= 0.3 is 0 Å². The van der Waals surface area contributed by atoms with Crippen LogP contribution >= 0.6 is 23.1 Å². The first-order valence-corrected chi connectivity index (χ1v) is 10.3. The average molecular weight is 386 g/mol. The van der Waals surface area contributed by atoms with Crippen molar-refractivity contribution in [3.63, 3.8) is 0 Å². The van der Waals surface area contributed by atoms with Gasteiger partial charge in [0.05, 0.1) is 10.9 Å². The zero-order valence-electron chi connectivity index (χ0n) is 14.5. The van der Waals surface area contributed by atoms with Crippen molar-refractivity contribution in [1.29, 1.82) is 0 Å². The van der Waals surface area contributed by atoms with Crippen molar-refractivity contribution >= 4 is 34.1 Å². The minimum absolute atomic E-state index is 0.0834. The topological polar surface area (TPSA) is 72.7 Å². The third-order valence-corrected chi connectivity index (χ3v) is 6.16. The second-order valence-electron chi connectivity index (χ2n) is 6.33. The molecular formula is C18H19N5OS2. The molecular weight excluding hydrogens is 366 g/mol. The van der Waals surface area contributed by atoms with Crippen molar-refractivity contribution in [3.05, 3.63) is 41.5 Å². The molecule has 0 aliphatic heterocycles. The van der Waals surface area contributed by atoms with Gasteiger partial charge in [0.15, 0.2) is 10.3 Å². The van der Waals surface area contributed by atoms with E-state index in [1.807, 2.05) is 54.3 Å². The van der Waals surface area contributed by atoms with Crippen molar-refractivity contribution in [1.82, 2.24) is 19.7 Å². The molecule has 26 heavy (non-hydrogen) atoms. The Hall–Kier alpha value is -2.19. The Morgan fingerprint density at radius 2 is 2.08 bits per heavy atom. The number of hydrogen-bond donors (Lipinski definition) is 1. The summed E-state index contributed by atoms with van der Waals surface area (Å²) in [7, 11) is 1.97. The zero-order valence-corrected chi connectivity index (χ0v) is 16.2. The minimum atomic E-state index is -0.283. The third kappa shape index (κ3) is 3.66. The monoisotopic (exact) mass is 385 g/mol. The number of rotatable bonds is 6. The van der Waals surface area contributed by atoms with E-state index in [2.05, 4.69) is 20.5 Å². The Labute approximate surface area is 160 Å². The normalized spacial score (nSPS) is 15.0. The summed E-state index contributed by atoms with van der Waals surface area (Å²) < 4.78 is 2.00. The van der Waals surface area contributed by atoms with Crippen LogP contribution in [0.1, 0.15) is 31.5 Å². The molecule has 4 rings (SSSR count). The molecule has 1 fully saturated rings. The number of amides is 1. The fourth-order valence-electron chi connectivity index (χ4n) is 2.62. The van der Waals surface area contributed by atoms with Gasteiger partial charge in [0, 0.05) is 23.9 Å².